The predicted octanol–water partition coefficient (Wildman–Crippen LogP) is 1.52. The third kappa shape index (κ3) is 3.05. The van der Waals surface area contributed by atoms with E-state index in [1.54, 1.807) is 5.01 Å². The van der Waals surface area contributed by atoms with Gasteiger partial charge >= 0.3 is 0 Å². The van der Waals surface area contributed by atoms with E-state index >= 15 is 0 Å². The molecule has 0 amide bonds. The fourth-order valence-electron chi connectivity index (χ4n) is 1.43. The summed E-state index contributed by atoms with van der Waals surface area (Å²) >= 11 is 0. The van der Waals surface area contributed by atoms with Gasteiger partial charge in [0.25, 0.3) is 0 Å². The summed E-state index contributed by atoms with van der Waals surface area (Å²) in [6, 6.07) is 0. The molecular formula is C9H18N4. The summed E-state index contributed by atoms with van der Waals surface area (Å²) in [5, 5.41) is 13.0. The van der Waals surface area contributed by atoms with Crippen LogP contribution in [0.25, 0.3) is 0 Å². The Kier molecular flexibility index (Phi) is 3.73. The molecule has 74 valence electrons. The molecule has 0 aromatic carbocycles. The molecule has 0 bridgehead atoms. The van der Waals surface area contributed by atoms with Crippen LogP contribution >= 0.6 is 0 Å². The zero-order valence-corrected chi connectivity index (χ0v) is 8.21. The number of hydrogen-bond donors (Lipinski definition) is 2. The molecule has 0 saturated carbocycles. The van der Waals surface area contributed by atoms with Crippen molar-refractivity contribution in [2.24, 2.45) is 10.8 Å². The van der Waals surface area contributed by atoms with Crippen LogP contribution < -0.4 is 5.73 Å². The smallest absolute Gasteiger partial charge is 0.209 e. The van der Waals surface area contributed by atoms with Crippen LogP contribution in [0.1, 0.15) is 39.0 Å². The zero-order valence-electron chi connectivity index (χ0n) is 8.21. The van der Waals surface area contributed by atoms with Gasteiger partial charge in [-0.25, -0.2) is 5.01 Å². The average molecular weight is 182 g/mol. The van der Waals surface area contributed by atoms with Crippen molar-refractivity contribution in [3.8, 4) is 0 Å². The van der Waals surface area contributed by atoms with Crippen LogP contribution in [0.15, 0.2) is 5.10 Å². The minimum Gasteiger partial charge on any atom is -0.369 e. The Bertz CT molecular complexity index is 210. The van der Waals surface area contributed by atoms with E-state index < -0.39 is 0 Å². The highest BCUT2D eigenvalue weighted by Gasteiger charge is 2.15. The van der Waals surface area contributed by atoms with E-state index in [0.717, 1.165) is 19.4 Å². The van der Waals surface area contributed by atoms with Crippen LogP contribution in [-0.4, -0.2) is 23.2 Å². The van der Waals surface area contributed by atoms with E-state index in [0.29, 0.717) is 0 Å². The molecule has 1 rings (SSSR count). The summed E-state index contributed by atoms with van der Waals surface area (Å²) < 4.78 is 0. The van der Waals surface area contributed by atoms with Crippen molar-refractivity contribution in [1.82, 2.24) is 5.01 Å². The zero-order chi connectivity index (χ0) is 9.68. The predicted molar refractivity (Wildman–Crippen MR) is 54.8 cm³/mol. The van der Waals surface area contributed by atoms with Gasteiger partial charge in [-0.15, -0.1) is 0 Å². The maximum absolute atomic E-state index is 7.19. The minimum absolute atomic E-state index is 0.0606. The van der Waals surface area contributed by atoms with Crippen molar-refractivity contribution in [1.29, 1.82) is 5.41 Å². The van der Waals surface area contributed by atoms with Crippen LogP contribution in [0.5, 0.6) is 0 Å². The molecule has 0 aromatic rings. The molecule has 1 aliphatic rings. The number of hydrogen-bond acceptors (Lipinski definition) is 2. The SMILES string of the molecule is CCCCCC1=NN(C(=N)N)CC1. The van der Waals surface area contributed by atoms with E-state index in [1.165, 1.54) is 25.0 Å². The normalized spacial score (nSPS) is 16.1. The highest BCUT2D eigenvalue weighted by molar-refractivity contribution is 5.88. The van der Waals surface area contributed by atoms with Crippen molar-refractivity contribution in [2.45, 2.75) is 39.0 Å². The number of hydrazone groups is 1. The molecule has 3 N–H and O–H groups in total. The van der Waals surface area contributed by atoms with Gasteiger partial charge in [0.05, 0.1) is 0 Å². The summed E-state index contributed by atoms with van der Waals surface area (Å²) in [5.74, 6) is 0.0606. The summed E-state index contributed by atoms with van der Waals surface area (Å²) in [4.78, 5) is 0. The number of unbranched alkanes of at least 4 members (excludes halogenated alkanes) is 2. The van der Waals surface area contributed by atoms with E-state index in [1.807, 2.05) is 0 Å². The molecule has 0 spiro atoms. The third-order valence-corrected chi connectivity index (χ3v) is 2.22. The second kappa shape index (κ2) is 4.84. The number of rotatable bonds is 4. The number of nitrogens with zero attached hydrogens (tertiary/aromatic N) is 2. The Morgan fingerprint density at radius 2 is 2.38 bits per heavy atom. The molecule has 0 atom stereocenters. The van der Waals surface area contributed by atoms with Gasteiger partial charge < -0.3 is 5.73 Å². The Morgan fingerprint density at radius 1 is 1.62 bits per heavy atom. The van der Waals surface area contributed by atoms with Crippen molar-refractivity contribution >= 4 is 11.7 Å². The Morgan fingerprint density at radius 3 is 2.92 bits per heavy atom. The fraction of sp³-hybridized carbons (Fsp3) is 0.778. The quantitative estimate of drug-likeness (QED) is 0.393. The summed E-state index contributed by atoms with van der Waals surface area (Å²) in [7, 11) is 0. The molecular weight excluding hydrogens is 164 g/mol. The molecule has 0 fully saturated rings. The molecule has 4 nitrogen and oxygen atoms in total. The number of guanidine groups is 1. The molecule has 0 unspecified atom stereocenters. The molecule has 1 aliphatic heterocycles. The largest absolute Gasteiger partial charge is 0.369 e. The lowest BCUT2D eigenvalue weighted by Gasteiger charge is -2.08. The first-order valence-corrected chi connectivity index (χ1v) is 4.92. The van der Waals surface area contributed by atoms with E-state index in [-0.39, 0.29) is 5.96 Å². The third-order valence-electron chi connectivity index (χ3n) is 2.22. The van der Waals surface area contributed by atoms with Crippen LogP contribution in [0.2, 0.25) is 0 Å². The van der Waals surface area contributed by atoms with Gasteiger partial charge in [-0.3, -0.25) is 5.41 Å². The number of nitrogens with one attached hydrogen (secondary N) is 1. The molecule has 1 heterocycles. The second-order valence-electron chi connectivity index (χ2n) is 3.38. The lowest BCUT2D eigenvalue weighted by atomic mass is 10.1. The van der Waals surface area contributed by atoms with Gasteiger partial charge in [0.2, 0.25) is 5.96 Å². The standard InChI is InChI=1S/C9H18N4/c1-2-3-4-5-8-6-7-13(12-8)9(10)11/h2-7H2,1H3,(H3,10,11). The first-order chi connectivity index (χ1) is 6.24. The maximum Gasteiger partial charge on any atom is 0.209 e. The van der Waals surface area contributed by atoms with Crippen LogP contribution in [0, 0.1) is 5.41 Å². The minimum atomic E-state index is 0.0606. The molecule has 0 aliphatic carbocycles. The Hall–Kier alpha value is -1.06. The molecule has 0 aromatic heterocycles. The van der Waals surface area contributed by atoms with Gasteiger partial charge in [-0.05, 0) is 12.8 Å². The van der Waals surface area contributed by atoms with Crippen molar-refractivity contribution in [3.05, 3.63) is 0 Å². The topological polar surface area (TPSA) is 65.5 Å². The summed E-state index contributed by atoms with van der Waals surface area (Å²) in [6.07, 6.45) is 5.75. The van der Waals surface area contributed by atoms with Crippen LogP contribution in [0.4, 0.5) is 0 Å². The lowest BCUT2D eigenvalue weighted by Crippen LogP contribution is -2.29. The highest BCUT2D eigenvalue weighted by atomic mass is 15.5. The first kappa shape index (κ1) is 10.0. The number of nitrogens with two attached hydrogens (primary N) is 1. The molecule has 0 saturated heterocycles. The average Bonchev–Trinajstić information content (AvgIpc) is 2.53. The lowest BCUT2D eigenvalue weighted by molar-refractivity contribution is 0.481. The Labute approximate surface area is 79.3 Å². The van der Waals surface area contributed by atoms with E-state index in [9.17, 15) is 0 Å². The van der Waals surface area contributed by atoms with Gasteiger partial charge in [0, 0.05) is 18.7 Å². The second-order valence-corrected chi connectivity index (χ2v) is 3.38. The van der Waals surface area contributed by atoms with Gasteiger partial charge in [0.15, 0.2) is 0 Å². The van der Waals surface area contributed by atoms with Crippen LogP contribution in [-0.2, 0) is 0 Å². The van der Waals surface area contributed by atoms with Crippen molar-refractivity contribution in [3.63, 3.8) is 0 Å². The summed E-state index contributed by atoms with van der Waals surface area (Å²) in [6.45, 7) is 2.98. The maximum atomic E-state index is 7.19. The highest BCUT2D eigenvalue weighted by Crippen LogP contribution is 2.11. The fourth-order valence-corrected chi connectivity index (χ4v) is 1.43. The van der Waals surface area contributed by atoms with Gasteiger partial charge in [0.1, 0.15) is 0 Å². The van der Waals surface area contributed by atoms with Crippen molar-refractivity contribution < 1.29 is 0 Å². The first-order valence-electron chi connectivity index (χ1n) is 4.92. The van der Waals surface area contributed by atoms with Gasteiger partial charge in [-0.2, -0.15) is 5.10 Å². The van der Waals surface area contributed by atoms with Crippen molar-refractivity contribution in [2.75, 3.05) is 6.54 Å². The molecule has 4 heteroatoms. The monoisotopic (exact) mass is 182 g/mol. The van der Waals surface area contributed by atoms with E-state index in [4.69, 9.17) is 11.1 Å². The Balaban J connectivity index is 2.28. The molecule has 13 heavy (non-hydrogen) atoms. The van der Waals surface area contributed by atoms with E-state index in [2.05, 4.69) is 12.0 Å². The van der Waals surface area contributed by atoms with Gasteiger partial charge in [-0.1, -0.05) is 19.8 Å². The summed E-state index contributed by atoms with van der Waals surface area (Å²) in [5.41, 5.74) is 6.51. The molecule has 0 radical (unpaired) electrons. The van der Waals surface area contributed by atoms with Crippen LogP contribution in [0.3, 0.4) is 0 Å².